The number of carboxylic acids is 1. The monoisotopic (exact) mass is 284 g/mol. The number of nitro groups is 1. The van der Waals surface area contributed by atoms with Crippen LogP contribution in [-0.4, -0.2) is 32.3 Å². The first-order valence-corrected chi connectivity index (χ1v) is 6.44. The number of rotatable bonds is 7. The molecule has 0 saturated carbocycles. The van der Waals surface area contributed by atoms with Crippen LogP contribution in [-0.2, 0) is 18.3 Å². The molecule has 0 radical (unpaired) electrons. The minimum absolute atomic E-state index is 0.0844. The molecule has 112 valence electrons. The molecule has 1 aromatic rings. The highest BCUT2D eigenvalue weighted by atomic mass is 16.6. The Bertz CT molecular complexity index is 526. The first kappa shape index (κ1) is 15.9. The molecule has 0 aromatic carbocycles. The van der Waals surface area contributed by atoms with Gasteiger partial charge in [0.1, 0.15) is 5.69 Å². The Labute approximate surface area is 116 Å². The van der Waals surface area contributed by atoms with Gasteiger partial charge in [-0.05, 0) is 19.8 Å². The van der Waals surface area contributed by atoms with Crippen molar-refractivity contribution in [3.05, 3.63) is 15.8 Å². The van der Waals surface area contributed by atoms with E-state index in [0.717, 1.165) is 0 Å². The summed E-state index contributed by atoms with van der Waals surface area (Å²) in [5, 5.41) is 27.3. The number of carbonyl (C=O) groups is 1. The Balaban J connectivity index is 3.07. The van der Waals surface area contributed by atoms with E-state index in [9.17, 15) is 20.0 Å². The van der Waals surface area contributed by atoms with Crippen molar-refractivity contribution >= 4 is 17.5 Å². The molecule has 1 aromatic heterocycles. The van der Waals surface area contributed by atoms with Crippen molar-refractivity contribution in [3.8, 4) is 0 Å². The zero-order valence-corrected chi connectivity index (χ0v) is 12.1. The Hall–Kier alpha value is -2.12. The van der Waals surface area contributed by atoms with Gasteiger partial charge in [-0.2, -0.15) is 5.10 Å². The second-order valence-corrected chi connectivity index (χ2v) is 4.95. The quantitative estimate of drug-likeness (QED) is 0.583. The fourth-order valence-electron chi connectivity index (χ4n) is 1.83. The van der Waals surface area contributed by atoms with Gasteiger partial charge >= 0.3 is 11.7 Å². The molecule has 2 N–H and O–H groups in total. The van der Waals surface area contributed by atoms with E-state index in [1.165, 1.54) is 4.68 Å². The molecule has 1 unspecified atom stereocenters. The van der Waals surface area contributed by atoms with Crippen LogP contribution in [0.15, 0.2) is 0 Å². The molecule has 0 fully saturated rings. The molecule has 0 bridgehead atoms. The van der Waals surface area contributed by atoms with Crippen LogP contribution in [0.1, 0.15) is 32.9 Å². The highest BCUT2D eigenvalue weighted by Crippen LogP contribution is 2.30. The fraction of sp³-hybridized carbons (Fsp3) is 0.667. The van der Waals surface area contributed by atoms with Crippen molar-refractivity contribution in [2.75, 3.05) is 11.9 Å². The van der Waals surface area contributed by atoms with Crippen LogP contribution < -0.4 is 5.32 Å². The standard InChI is InChI=1S/C12H20N4O4/c1-5-8-9(16(19)20)10(15(4)14-8)13-7-12(3,6-2)11(17)18/h13H,5-7H2,1-4H3,(H,17,18). The van der Waals surface area contributed by atoms with Crippen molar-refractivity contribution in [1.82, 2.24) is 9.78 Å². The van der Waals surface area contributed by atoms with E-state index >= 15 is 0 Å². The lowest BCUT2D eigenvalue weighted by Gasteiger charge is -2.23. The Morgan fingerprint density at radius 3 is 2.55 bits per heavy atom. The maximum Gasteiger partial charge on any atom is 0.333 e. The van der Waals surface area contributed by atoms with Crippen molar-refractivity contribution in [3.63, 3.8) is 0 Å². The van der Waals surface area contributed by atoms with Crippen molar-refractivity contribution < 1.29 is 14.8 Å². The van der Waals surface area contributed by atoms with Gasteiger partial charge in [0.15, 0.2) is 0 Å². The summed E-state index contributed by atoms with van der Waals surface area (Å²) in [6.45, 7) is 5.26. The van der Waals surface area contributed by atoms with Crippen molar-refractivity contribution in [1.29, 1.82) is 0 Å². The molecule has 0 saturated heterocycles. The van der Waals surface area contributed by atoms with Gasteiger partial charge in [-0.3, -0.25) is 14.9 Å². The first-order valence-electron chi connectivity index (χ1n) is 6.44. The molecular formula is C12H20N4O4. The summed E-state index contributed by atoms with van der Waals surface area (Å²) in [5.74, 6) is -0.694. The largest absolute Gasteiger partial charge is 0.481 e. The number of hydrogen-bond acceptors (Lipinski definition) is 5. The average molecular weight is 284 g/mol. The zero-order chi connectivity index (χ0) is 15.5. The lowest BCUT2D eigenvalue weighted by molar-refractivity contribution is -0.384. The third kappa shape index (κ3) is 2.89. The lowest BCUT2D eigenvalue weighted by atomic mass is 9.88. The van der Waals surface area contributed by atoms with Gasteiger partial charge in [-0.1, -0.05) is 13.8 Å². The van der Waals surface area contributed by atoms with E-state index in [2.05, 4.69) is 10.4 Å². The number of nitrogens with zero attached hydrogens (tertiary/aromatic N) is 3. The molecule has 8 nitrogen and oxygen atoms in total. The summed E-state index contributed by atoms with van der Waals surface area (Å²) in [6.07, 6.45) is 0.859. The normalized spacial score (nSPS) is 13.8. The smallest absolute Gasteiger partial charge is 0.333 e. The molecular weight excluding hydrogens is 264 g/mol. The molecule has 0 aliphatic carbocycles. The molecule has 1 rings (SSSR count). The van der Waals surface area contributed by atoms with Crippen LogP contribution in [0.2, 0.25) is 0 Å². The topological polar surface area (TPSA) is 110 Å². The second-order valence-electron chi connectivity index (χ2n) is 4.95. The van der Waals surface area contributed by atoms with Crippen LogP contribution in [0, 0.1) is 15.5 Å². The van der Waals surface area contributed by atoms with Gasteiger partial charge in [0.25, 0.3) is 0 Å². The number of hydrogen-bond donors (Lipinski definition) is 2. The summed E-state index contributed by atoms with van der Waals surface area (Å²) >= 11 is 0. The maximum absolute atomic E-state index is 11.2. The summed E-state index contributed by atoms with van der Waals surface area (Å²) in [5.41, 5.74) is -0.683. The van der Waals surface area contributed by atoms with Crippen LogP contribution >= 0.6 is 0 Å². The molecule has 0 spiro atoms. The molecule has 0 aliphatic heterocycles. The van der Waals surface area contributed by atoms with Crippen LogP contribution in [0.25, 0.3) is 0 Å². The molecule has 0 aliphatic rings. The fourth-order valence-corrected chi connectivity index (χ4v) is 1.83. The highest BCUT2D eigenvalue weighted by molar-refractivity contribution is 5.75. The van der Waals surface area contributed by atoms with Crippen LogP contribution in [0.5, 0.6) is 0 Å². The van der Waals surface area contributed by atoms with Gasteiger partial charge in [-0.15, -0.1) is 0 Å². The van der Waals surface area contributed by atoms with E-state index in [-0.39, 0.29) is 18.1 Å². The molecule has 0 amide bonds. The lowest BCUT2D eigenvalue weighted by Crippen LogP contribution is -2.34. The van der Waals surface area contributed by atoms with Gasteiger partial charge in [0.05, 0.1) is 10.3 Å². The Kier molecular flexibility index (Phi) is 4.69. The predicted octanol–water partition coefficient (Wildman–Crippen LogP) is 1.80. The SMILES string of the molecule is CCc1nn(C)c(NCC(C)(CC)C(=O)O)c1[N+](=O)[O-]. The van der Waals surface area contributed by atoms with Crippen molar-refractivity contribution in [2.24, 2.45) is 12.5 Å². The van der Waals surface area contributed by atoms with E-state index in [1.54, 1.807) is 27.8 Å². The summed E-state index contributed by atoms with van der Waals surface area (Å²) in [7, 11) is 1.60. The Morgan fingerprint density at radius 1 is 1.55 bits per heavy atom. The molecule has 1 heterocycles. The first-order chi connectivity index (χ1) is 9.26. The number of aliphatic carboxylic acids is 1. The van der Waals surface area contributed by atoms with E-state index in [0.29, 0.717) is 18.5 Å². The molecule has 20 heavy (non-hydrogen) atoms. The van der Waals surface area contributed by atoms with Gasteiger partial charge in [0.2, 0.25) is 5.82 Å². The number of carboxylic acid groups (broad SMARTS) is 1. The van der Waals surface area contributed by atoms with Gasteiger partial charge in [0, 0.05) is 13.6 Å². The van der Waals surface area contributed by atoms with Crippen LogP contribution in [0.4, 0.5) is 11.5 Å². The molecule has 8 heteroatoms. The summed E-state index contributed by atoms with van der Waals surface area (Å²) in [4.78, 5) is 21.9. The third-order valence-corrected chi connectivity index (χ3v) is 3.55. The summed E-state index contributed by atoms with van der Waals surface area (Å²) < 4.78 is 1.38. The second kappa shape index (κ2) is 5.89. The highest BCUT2D eigenvalue weighted by Gasteiger charge is 2.33. The maximum atomic E-state index is 11.2. The number of aryl methyl sites for hydroxylation is 2. The number of aromatic nitrogens is 2. The van der Waals surface area contributed by atoms with Gasteiger partial charge < -0.3 is 10.4 Å². The third-order valence-electron chi connectivity index (χ3n) is 3.55. The Morgan fingerprint density at radius 2 is 2.15 bits per heavy atom. The van der Waals surface area contributed by atoms with Crippen LogP contribution in [0.3, 0.4) is 0 Å². The van der Waals surface area contributed by atoms with Gasteiger partial charge in [-0.25, -0.2) is 4.68 Å². The number of anilines is 1. The molecule has 1 atom stereocenters. The predicted molar refractivity (Wildman–Crippen MR) is 73.8 cm³/mol. The minimum atomic E-state index is -0.982. The average Bonchev–Trinajstić information content (AvgIpc) is 2.72. The van der Waals surface area contributed by atoms with Crippen molar-refractivity contribution in [2.45, 2.75) is 33.6 Å². The number of nitrogens with one attached hydrogen (secondary N) is 1. The van der Waals surface area contributed by atoms with E-state index < -0.39 is 16.3 Å². The van der Waals surface area contributed by atoms with E-state index in [4.69, 9.17) is 0 Å². The summed E-state index contributed by atoms with van der Waals surface area (Å²) in [6, 6.07) is 0. The minimum Gasteiger partial charge on any atom is -0.481 e. The van der Waals surface area contributed by atoms with E-state index in [1.807, 2.05) is 0 Å². The zero-order valence-electron chi connectivity index (χ0n) is 12.1.